The summed E-state index contributed by atoms with van der Waals surface area (Å²) < 4.78 is 10.7. The topological polar surface area (TPSA) is 104 Å². The van der Waals surface area contributed by atoms with Gasteiger partial charge in [-0.2, -0.15) is 9.97 Å². The number of rotatable bonds is 7. The van der Waals surface area contributed by atoms with Crippen LogP contribution in [0.15, 0.2) is 57.6 Å². The smallest absolute Gasteiger partial charge is 0.227 e. The van der Waals surface area contributed by atoms with Crippen molar-refractivity contribution in [3.05, 3.63) is 71.4 Å². The third kappa shape index (κ3) is 4.93. The lowest BCUT2D eigenvalue weighted by Gasteiger charge is -2.04. The Bertz CT molecular complexity index is 1070. The maximum absolute atomic E-state index is 5.63. The number of hydrogen-bond acceptors (Lipinski definition) is 7. The van der Waals surface area contributed by atoms with E-state index in [2.05, 4.69) is 46.3 Å². The molecule has 8 heteroatoms. The summed E-state index contributed by atoms with van der Waals surface area (Å²) in [5.74, 6) is 2.70. The third-order valence-corrected chi connectivity index (χ3v) is 4.77. The predicted octanol–water partition coefficient (Wildman–Crippen LogP) is 4.58. The number of halogens is 1. The first-order valence-electron chi connectivity index (χ1n) is 9.67. The van der Waals surface area contributed by atoms with E-state index in [0.717, 1.165) is 16.7 Å². The van der Waals surface area contributed by atoms with E-state index < -0.39 is 0 Å². The zero-order valence-electron chi connectivity index (χ0n) is 16.9. The van der Waals surface area contributed by atoms with Gasteiger partial charge in [0.2, 0.25) is 23.4 Å². The molecule has 0 aliphatic rings. The van der Waals surface area contributed by atoms with E-state index >= 15 is 0 Å². The van der Waals surface area contributed by atoms with E-state index in [1.54, 1.807) is 0 Å². The Kier molecular flexibility index (Phi) is 6.97. The van der Waals surface area contributed by atoms with Crippen LogP contribution >= 0.6 is 12.4 Å². The number of nitrogens with two attached hydrogens (primary N) is 1. The zero-order valence-corrected chi connectivity index (χ0v) is 17.7. The second kappa shape index (κ2) is 9.65. The summed E-state index contributed by atoms with van der Waals surface area (Å²) in [4.78, 5) is 8.92. The highest BCUT2D eigenvalue weighted by molar-refractivity contribution is 5.85. The number of hydrogen-bond donors (Lipinski definition) is 1. The van der Waals surface area contributed by atoms with Crippen molar-refractivity contribution < 1.29 is 9.05 Å². The fraction of sp³-hybridized carbons (Fsp3) is 0.273. The number of aromatic nitrogens is 4. The molecule has 2 aromatic heterocycles. The Balaban J connectivity index is 0.00000256. The first-order chi connectivity index (χ1) is 14.1. The van der Waals surface area contributed by atoms with Gasteiger partial charge >= 0.3 is 0 Å². The van der Waals surface area contributed by atoms with E-state index in [9.17, 15) is 0 Å². The Morgan fingerprint density at radius 1 is 0.767 bits per heavy atom. The van der Waals surface area contributed by atoms with Crippen molar-refractivity contribution in [1.29, 1.82) is 0 Å². The monoisotopic (exact) mass is 425 g/mol. The van der Waals surface area contributed by atoms with E-state index in [-0.39, 0.29) is 12.4 Å². The molecule has 4 aromatic rings. The third-order valence-electron chi connectivity index (χ3n) is 4.77. The molecular formula is C22H24ClN5O2. The maximum Gasteiger partial charge on any atom is 0.227 e. The van der Waals surface area contributed by atoms with Gasteiger partial charge in [0.1, 0.15) is 0 Å². The van der Waals surface area contributed by atoms with Crippen LogP contribution in [0.2, 0.25) is 0 Å². The summed E-state index contributed by atoms with van der Waals surface area (Å²) in [6, 6.07) is 16.0. The average molecular weight is 426 g/mol. The van der Waals surface area contributed by atoms with Crippen molar-refractivity contribution in [1.82, 2.24) is 20.3 Å². The zero-order chi connectivity index (χ0) is 20.2. The standard InChI is InChI=1S/C22H23N5O2.ClH/c1-14(2)16-7-9-18(10-8-16)22-25-20(29-27-22)12-11-19-24-21(26-28-19)17-5-3-15(13-23)4-6-17;/h3-10,14H,11-13,23H2,1-2H3;1H. The molecule has 0 aliphatic heterocycles. The van der Waals surface area contributed by atoms with Gasteiger partial charge in [0, 0.05) is 30.5 Å². The molecule has 156 valence electrons. The fourth-order valence-corrected chi connectivity index (χ4v) is 2.97. The summed E-state index contributed by atoms with van der Waals surface area (Å²) in [7, 11) is 0. The summed E-state index contributed by atoms with van der Waals surface area (Å²) in [5, 5.41) is 8.12. The molecule has 0 atom stereocenters. The van der Waals surface area contributed by atoms with Gasteiger partial charge in [0.05, 0.1) is 0 Å². The van der Waals surface area contributed by atoms with Gasteiger partial charge in [0.25, 0.3) is 0 Å². The Labute approximate surface area is 181 Å². The van der Waals surface area contributed by atoms with Gasteiger partial charge in [-0.3, -0.25) is 0 Å². The van der Waals surface area contributed by atoms with Crippen molar-refractivity contribution >= 4 is 12.4 Å². The molecule has 0 saturated carbocycles. The molecule has 0 amide bonds. The molecule has 0 unspecified atom stereocenters. The highest BCUT2D eigenvalue weighted by Crippen LogP contribution is 2.21. The normalized spacial score (nSPS) is 10.9. The van der Waals surface area contributed by atoms with Crippen LogP contribution in [0.1, 0.15) is 42.7 Å². The summed E-state index contributed by atoms with van der Waals surface area (Å²) >= 11 is 0. The highest BCUT2D eigenvalue weighted by Gasteiger charge is 2.13. The largest absolute Gasteiger partial charge is 0.339 e. The van der Waals surface area contributed by atoms with E-state index in [4.69, 9.17) is 14.8 Å². The van der Waals surface area contributed by atoms with Crippen LogP contribution in [0.5, 0.6) is 0 Å². The van der Waals surface area contributed by atoms with Crippen LogP contribution in [0.25, 0.3) is 22.8 Å². The summed E-state index contributed by atoms with van der Waals surface area (Å²) in [5.41, 5.74) is 9.79. The van der Waals surface area contributed by atoms with Crippen molar-refractivity contribution in [2.45, 2.75) is 39.2 Å². The Hall–Kier alpha value is -3.03. The van der Waals surface area contributed by atoms with Gasteiger partial charge in [-0.25, -0.2) is 0 Å². The SMILES string of the molecule is CC(C)c1ccc(-c2noc(CCc3nc(-c4ccc(CN)cc4)no3)n2)cc1.Cl. The first-order valence-corrected chi connectivity index (χ1v) is 9.67. The minimum absolute atomic E-state index is 0. The van der Waals surface area contributed by atoms with Gasteiger partial charge in [0.15, 0.2) is 0 Å². The molecule has 0 fully saturated rings. The quantitative estimate of drug-likeness (QED) is 0.462. The molecule has 0 radical (unpaired) electrons. The average Bonchev–Trinajstić information content (AvgIpc) is 3.42. The van der Waals surface area contributed by atoms with Crippen molar-refractivity contribution in [2.24, 2.45) is 5.73 Å². The molecule has 2 heterocycles. The predicted molar refractivity (Wildman–Crippen MR) is 116 cm³/mol. The van der Waals surface area contributed by atoms with Crippen LogP contribution in [-0.4, -0.2) is 20.3 Å². The molecule has 0 saturated heterocycles. The second-order valence-corrected chi connectivity index (χ2v) is 7.20. The van der Waals surface area contributed by atoms with E-state index in [1.165, 1.54) is 5.56 Å². The lowest BCUT2D eigenvalue weighted by molar-refractivity contribution is 0.354. The molecule has 4 rings (SSSR count). The van der Waals surface area contributed by atoms with Crippen LogP contribution in [0.3, 0.4) is 0 Å². The molecule has 2 N–H and O–H groups in total. The Morgan fingerprint density at radius 2 is 1.23 bits per heavy atom. The van der Waals surface area contributed by atoms with Gasteiger partial charge in [-0.15, -0.1) is 12.4 Å². The summed E-state index contributed by atoms with van der Waals surface area (Å²) in [6.07, 6.45) is 1.06. The molecule has 2 aromatic carbocycles. The van der Waals surface area contributed by atoms with Gasteiger partial charge < -0.3 is 14.8 Å². The van der Waals surface area contributed by atoms with Crippen LogP contribution in [0.4, 0.5) is 0 Å². The van der Waals surface area contributed by atoms with Gasteiger partial charge in [-0.1, -0.05) is 72.7 Å². The molecule has 30 heavy (non-hydrogen) atoms. The van der Waals surface area contributed by atoms with Crippen molar-refractivity contribution in [3.8, 4) is 22.8 Å². The fourth-order valence-electron chi connectivity index (χ4n) is 2.97. The van der Waals surface area contributed by atoms with Crippen LogP contribution in [0, 0.1) is 0 Å². The lowest BCUT2D eigenvalue weighted by Crippen LogP contribution is -1.95. The maximum atomic E-state index is 5.63. The minimum atomic E-state index is 0. The van der Waals surface area contributed by atoms with E-state index in [1.807, 2.05) is 36.4 Å². The molecule has 0 spiro atoms. The van der Waals surface area contributed by atoms with Crippen molar-refractivity contribution in [3.63, 3.8) is 0 Å². The molecule has 7 nitrogen and oxygen atoms in total. The van der Waals surface area contributed by atoms with Crippen molar-refractivity contribution in [2.75, 3.05) is 0 Å². The molecule has 0 aliphatic carbocycles. The second-order valence-electron chi connectivity index (χ2n) is 7.20. The highest BCUT2D eigenvalue weighted by atomic mass is 35.5. The van der Waals surface area contributed by atoms with Crippen LogP contribution < -0.4 is 5.73 Å². The first kappa shape index (κ1) is 21.7. The summed E-state index contributed by atoms with van der Waals surface area (Å²) in [6.45, 7) is 4.84. The van der Waals surface area contributed by atoms with E-state index in [0.29, 0.717) is 48.7 Å². The Morgan fingerprint density at radius 3 is 1.67 bits per heavy atom. The molecule has 0 bridgehead atoms. The number of benzene rings is 2. The molecular weight excluding hydrogens is 402 g/mol. The van der Waals surface area contributed by atoms with Crippen LogP contribution in [-0.2, 0) is 19.4 Å². The lowest BCUT2D eigenvalue weighted by atomic mass is 10.0. The minimum Gasteiger partial charge on any atom is -0.339 e. The number of nitrogens with zero attached hydrogens (tertiary/aromatic N) is 4. The van der Waals surface area contributed by atoms with Gasteiger partial charge in [-0.05, 0) is 17.0 Å². The number of aryl methyl sites for hydroxylation is 2.